The Balaban J connectivity index is 1.84. The lowest BCUT2D eigenvalue weighted by Crippen LogP contribution is -2.48. The first kappa shape index (κ1) is 20.0. The van der Waals surface area contributed by atoms with Gasteiger partial charge in [0.25, 0.3) is 11.8 Å². The van der Waals surface area contributed by atoms with E-state index >= 15 is 0 Å². The second-order valence-electron chi connectivity index (χ2n) is 7.77. The molecule has 6 heteroatoms. The smallest absolute Gasteiger partial charge is 0.258 e. The average Bonchev–Trinajstić information content (AvgIpc) is 3.13. The molecule has 0 aliphatic carbocycles. The lowest BCUT2D eigenvalue weighted by molar-refractivity contribution is 0.000339. The van der Waals surface area contributed by atoms with E-state index in [2.05, 4.69) is 5.32 Å². The second-order valence-corrected chi connectivity index (χ2v) is 7.77. The number of rotatable bonds is 4. The number of nitrogens with one attached hydrogen (secondary N) is 1. The van der Waals surface area contributed by atoms with E-state index < -0.39 is 17.3 Å². The van der Waals surface area contributed by atoms with Crippen LogP contribution in [-0.2, 0) is 0 Å². The second kappa shape index (κ2) is 7.72. The number of carbonyl (C=O) groups is 2. The number of aryl methyl sites for hydroxylation is 1. The molecule has 1 aliphatic rings. The topological polar surface area (TPSA) is 69.6 Å². The molecule has 1 saturated heterocycles. The van der Waals surface area contributed by atoms with Crippen LogP contribution in [0.1, 0.15) is 53.0 Å². The number of nitrogens with zero attached hydrogens (tertiary/aromatic N) is 1. The average molecular weight is 384 g/mol. The van der Waals surface area contributed by atoms with E-state index in [-0.39, 0.29) is 17.5 Å². The Bertz CT molecular complexity index is 905. The van der Waals surface area contributed by atoms with Gasteiger partial charge in [0.15, 0.2) is 0 Å². The molecule has 0 saturated carbocycles. The normalized spacial score (nSPS) is 16.9. The highest BCUT2D eigenvalue weighted by Gasteiger charge is 2.38. The predicted octanol–water partition coefficient (Wildman–Crippen LogP) is 3.76. The molecular weight excluding hydrogens is 359 g/mol. The molecule has 2 amide bonds. The maximum Gasteiger partial charge on any atom is 0.258 e. The van der Waals surface area contributed by atoms with Gasteiger partial charge in [-0.3, -0.25) is 9.59 Å². The summed E-state index contributed by atoms with van der Waals surface area (Å²) in [6, 6.07) is 10.6. The van der Waals surface area contributed by atoms with Crippen molar-refractivity contribution in [2.45, 2.75) is 45.3 Å². The van der Waals surface area contributed by atoms with Gasteiger partial charge in [-0.1, -0.05) is 18.2 Å². The van der Waals surface area contributed by atoms with Crippen molar-refractivity contribution in [2.24, 2.45) is 0 Å². The van der Waals surface area contributed by atoms with Gasteiger partial charge in [0.2, 0.25) is 0 Å². The molecule has 0 radical (unpaired) electrons. The van der Waals surface area contributed by atoms with E-state index in [4.69, 9.17) is 0 Å². The molecule has 2 N–H and O–H groups in total. The Labute approximate surface area is 164 Å². The third kappa shape index (κ3) is 4.07. The number of halogens is 1. The van der Waals surface area contributed by atoms with E-state index in [1.807, 2.05) is 0 Å². The fraction of sp³-hybridized carbons (Fsp3) is 0.364. The Morgan fingerprint density at radius 1 is 1.21 bits per heavy atom. The van der Waals surface area contributed by atoms with Crippen molar-refractivity contribution in [3.63, 3.8) is 0 Å². The number of amides is 2. The molecular formula is C22H25FN2O3. The third-order valence-corrected chi connectivity index (χ3v) is 5.18. The molecule has 1 aliphatic heterocycles. The van der Waals surface area contributed by atoms with Gasteiger partial charge in [0, 0.05) is 17.8 Å². The van der Waals surface area contributed by atoms with E-state index in [1.165, 1.54) is 18.2 Å². The molecule has 5 nitrogen and oxygen atoms in total. The summed E-state index contributed by atoms with van der Waals surface area (Å²) >= 11 is 0. The monoisotopic (exact) mass is 384 g/mol. The Kier molecular flexibility index (Phi) is 5.52. The molecule has 2 aromatic rings. The number of aliphatic hydroxyl groups is 1. The Hall–Kier alpha value is -2.73. The van der Waals surface area contributed by atoms with Crippen molar-refractivity contribution in [2.75, 3.05) is 11.9 Å². The summed E-state index contributed by atoms with van der Waals surface area (Å²) in [4.78, 5) is 27.1. The van der Waals surface area contributed by atoms with Crippen molar-refractivity contribution < 1.29 is 19.1 Å². The van der Waals surface area contributed by atoms with E-state index in [9.17, 15) is 19.1 Å². The highest BCUT2D eigenvalue weighted by Crippen LogP contribution is 2.29. The number of hydrogen-bond acceptors (Lipinski definition) is 3. The highest BCUT2D eigenvalue weighted by atomic mass is 19.1. The summed E-state index contributed by atoms with van der Waals surface area (Å²) in [7, 11) is 0. The summed E-state index contributed by atoms with van der Waals surface area (Å²) in [5, 5.41) is 13.1. The van der Waals surface area contributed by atoms with Crippen LogP contribution >= 0.6 is 0 Å². The van der Waals surface area contributed by atoms with Crippen LogP contribution in [0.4, 0.5) is 10.1 Å². The zero-order valence-electron chi connectivity index (χ0n) is 16.3. The summed E-state index contributed by atoms with van der Waals surface area (Å²) in [6.07, 6.45) is 1.58. The molecule has 1 atom stereocenters. The molecule has 3 rings (SSSR count). The van der Waals surface area contributed by atoms with Crippen LogP contribution in [0.3, 0.4) is 0 Å². The highest BCUT2D eigenvalue weighted by molar-refractivity contribution is 6.05. The first-order chi connectivity index (χ1) is 13.2. The maximum absolute atomic E-state index is 13.9. The number of anilines is 1. The largest absolute Gasteiger partial charge is 0.388 e. The number of carbonyl (C=O) groups excluding carboxylic acids is 2. The molecule has 148 valence electrons. The van der Waals surface area contributed by atoms with Crippen molar-refractivity contribution >= 4 is 17.5 Å². The lowest BCUT2D eigenvalue weighted by Gasteiger charge is -2.34. The van der Waals surface area contributed by atoms with E-state index in [0.29, 0.717) is 17.8 Å². The van der Waals surface area contributed by atoms with Gasteiger partial charge in [-0.25, -0.2) is 4.39 Å². The maximum atomic E-state index is 13.9. The van der Waals surface area contributed by atoms with Crippen LogP contribution in [0.2, 0.25) is 0 Å². The minimum atomic E-state index is -0.987. The fourth-order valence-corrected chi connectivity index (χ4v) is 3.63. The van der Waals surface area contributed by atoms with Gasteiger partial charge >= 0.3 is 0 Å². The molecule has 2 aromatic carbocycles. The summed E-state index contributed by atoms with van der Waals surface area (Å²) in [6.45, 7) is 5.80. The lowest BCUT2D eigenvalue weighted by atomic mass is 9.96. The van der Waals surface area contributed by atoms with Gasteiger partial charge in [-0.05, 0) is 63.4 Å². The van der Waals surface area contributed by atoms with Crippen LogP contribution in [-0.4, -0.2) is 40.0 Å². The zero-order valence-corrected chi connectivity index (χ0v) is 16.3. The fourth-order valence-electron chi connectivity index (χ4n) is 3.63. The van der Waals surface area contributed by atoms with Crippen LogP contribution in [0, 0.1) is 12.7 Å². The quantitative estimate of drug-likeness (QED) is 0.843. The number of likely N-dealkylation sites (tertiary alicyclic amines) is 1. The summed E-state index contributed by atoms with van der Waals surface area (Å²) in [5.74, 6) is -1.36. The van der Waals surface area contributed by atoms with Crippen LogP contribution in [0.15, 0.2) is 42.5 Å². The van der Waals surface area contributed by atoms with Crippen molar-refractivity contribution in [3.8, 4) is 0 Å². The standard InChI is InChI=1S/C22H25FN2O3/c1-14-10-11-15(21(27)25-12-6-9-19(25)22(2,3)28)13-18(14)24-20(26)16-7-4-5-8-17(16)23/h4-5,7-8,10-11,13,19,28H,6,9,12H2,1-3H3,(H,24,26)/t19-/m0/s1. The van der Waals surface area contributed by atoms with E-state index in [1.54, 1.807) is 49.9 Å². The first-order valence-electron chi connectivity index (χ1n) is 9.38. The van der Waals surface area contributed by atoms with Gasteiger partial charge in [0.1, 0.15) is 5.82 Å². The SMILES string of the molecule is Cc1ccc(C(=O)N2CCC[C@H]2C(C)(C)O)cc1NC(=O)c1ccccc1F. The van der Waals surface area contributed by atoms with Gasteiger partial charge in [-0.15, -0.1) is 0 Å². The van der Waals surface area contributed by atoms with Crippen LogP contribution in [0.25, 0.3) is 0 Å². The third-order valence-electron chi connectivity index (χ3n) is 5.18. The molecule has 0 bridgehead atoms. The van der Waals surface area contributed by atoms with Crippen LogP contribution < -0.4 is 5.32 Å². The zero-order chi connectivity index (χ0) is 20.5. The Morgan fingerprint density at radius 2 is 1.93 bits per heavy atom. The number of benzene rings is 2. The van der Waals surface area contributed by atoms with Crippen molar-refractivity contribution in [3.05, 3.63) is 65.0 Å². The molecule has 0 spiro atoms. The first-order valence-corrected chi connectivity index (χ1v) is 9.38. The number of hydrogen-bond donors (Lipinski definition) is 2. The minimum absolute atomic E-state index is 0.0553. The summed E-state index contributed by atoms with van der Waals surface area (Å²) < 4.78 is 13.9. The molecule has 0 unspecified atom stereocenters. The summed E-state index contributed by atoms with van der Waals surface area (Å²) in [5.41, 5.74) is 0.601. The predicted molar refractivity (Wildman–Crippen MR) is 106 cm³/mol. The van der Waals surface area contributed by atoms with Gasteiger partial charge < -0.3 is 15.3 Å². The minimum Gasteiger partial charge on any atom is -0.388 e. The van der Waals surface area contributed by atoms with Crippen molar-refractivity contribution in [1.82, 2.24) is 4.90 Å². The molecule has 28 heavy (non-hydrogen) atoms. The Morgan fingerprint density at radius 3 is 2.61 bits per heavy atom. The van der Waals surface area contributed by atoms with E-state index in [0.717, 1.165) is 18.4 Å². The van der Waals surface area contributed by atoms with Gasteiger partial charge in [0.05, 0.1) is 17.2 Å². The molecule has 1 fully saturated rings. The van der Waals surface area contributed by atoms with Gasteiger partial charge in [-0.2, -0.15) is 0 Å². The molecule has 0 aromatic heterocycles. The molecule has 1 heterocycles. The van der Waals surface area contributed by atoms with Crippen molar-refractivity contribution in [1.29, 1.82) is 0 Å². The van der Waals surface area contributed by atoms with Crippen LogP contribution in [0.5, 0.6) is 0 Å².